The van der Waals surface area contributed by atoms with Crippen LogP contribution in [0.3, 0.4) is 0 Å². The third-order valence-corrected chi connectivity index (χ3v) is 16.7. The van der Waals surface area contributed by atoms with Crippen LogP contribution in [0.5, 0.6) is 5.75 Å². The first-order chi connectivity index (χ1) is 16.0. The molecule has 0 bridgehead atoms. The zero-order valence-electron chi connectivity index (χ0n) is 21.2. The minimum absolute atomic E-state index is 0.812. The first-order valence-electron chi connectivity index (χ1n) is 13.0. The van der Waals surface area contributed by atoms with E-state index in [1.165, 1.54) is 65.2 Å². The molecule has 0 amide bonds. The van der Waals surface area contributed by atoms with Crippen LogP contribution in [-0.2, 0) is 0 Å². The molecule has 3 aromatic carbocycles. The summed E-state index contributed by atoms with van der Waals surface area (Å²) < 4.78 is 8.99. The van der Waals surface area contributed by atoms with Crippen LogP contribution in [-0.4, -0.2) is 25.0 Å². The molecule has 0 atom stereocenters. The van der Waals surface area contributed by atoms with Gasteiger partial charge in [0.05, 0.1) is 6.61 Å². The maximum absolute atomic E-state index is 5.89. The Morgan fingerprint density at radius 3 is 1.52 bits per heavy atom. The number of benzene rings is 3. The van der Waals surface area contributed by atoms with Gasteiger partial charge >= 0.3 is 163 Å². The summed E-state index contributed by atoms with van der Waals surface area (Å²) in [5, 5.41) is 0. The normalized spacial score (nSPS) is 11.5. The fourth-order valence-corrected chi connectivity index (χ4v) is 11.5. The van der Waals surface area contributed by atoms with Gasteiger partial charge in [-0.25, -0.2) is 0 Å². The molecule has 0 aliphatic heterocycles. The van der Waals surface area contributed by atoms with Crippen LogP contribution in [0.15, 0.2) is 72.8 Å². The molecule has 0 saturated carbocycles. The van der Waals surface area contributed by atoms with Crippen LogP contribution < -0.4 is 8.32 Å². The Kier molecular flexibility index (Phi) is 10.4. The summed E-state index contributed by atoms with van der Waals surface area (Å²) in [6.07, 6.45) is 9.03. The van der Waals surface area contributed by atoms with Gasteiger partial charge in [0.25, 0.3) is 0 Å². The van der Waals surface area contributed by atoms with E-state index in [1.807, 2.05) is 0 Å². The van der Waals surface area contributed by atoms with E-state index in [2.05, 4.69) is 96.5 Å². The summed E-state index contributed by atoms with van der Waals surface area (Å²) in [6, 6.07) is 27.0. The number of rotatable bonds is 13. The van der Waals surface area contributed by atoms with E-state index >= 15 is 0 Å². The van der Waals surface area contributed by atoms with Crippen LogP contribution in [0.25, 0.3) is 22.3 Å². The number of hydrogen-bond donors (Lipinski definition) is 0. The first-order valence-corrected chi connectivity index (χ1v) is 22.1. The van der Waals surface area contributed by atoms with Gasteiger partial charge in [-0.15, -0.1) is 0 Å². The van der Waals surface area contributed by atoms with Gasteiger partial charge in [-0.1, -0.05) is 26.2 Å². The molecule has 0 aliphatic carbocycles. The monoisotopic (exact) mass is 550 g/mol. The van der Waals surface area contributed by atoms with Crippen molar-refractivity contribution in [3.63, 3.8) is 0 Å². The molecule has 176 valence electrons. The quantitative estimate of drug-likeness (QED) is 0.153. The summed E-state index contributed by atoms with van der Waals surface area (Å²) in [6.45, 7) is 5.34. The van der Waals surface area contributed by atoms with Gasteiger partial charge < -0.3 is 4.74 Å². The van der Waals surface area contributed by atoms with Crippen molar-refractivity contribution in [2.75, 3.05) is 6.61 Å². The minimum atomic E-state index is -2.12. The summed E-state index contributed by atoms with van der Waals surface area (Å²) >= 11 is -2.12. The van der Waals surface area contributed by atoms with Crippen LogP contribution >= 0.6 is 0 Å². The number of ether oxygens (including phenoxy) is 1. The van der Waals surface area contributed by atoms with Gasteiger partial charge in [0.15, 0.2) is 0 Å². The van der Waals surface area contributed by atoms with Gasteiger partial charge in [-0.05, 0) is 6.42 Å². The second-order valence-corrected chi connectivity index (χ2v) is 23.8. The predicted octanol–water partition coefficient (Wildman–Crippen LogP) is 9.09. The first kappa shape index (κ1) is 25.9. The van der Waals surface area contributed by atoms with Crippen LogP contribution in [0.1, 0.15) is 58.8 Å². The molecule has 0 N–H and O–H groups in total. The zero-order chi connectivity index (χ0) is 23.5. The SMILES string of the molecule is CCCCCCOc1ccc(-c2ccc(-c3cc[c]([Sn]([CH3])([CH3])[CH2]CCCC)cc3)cc2)cc1. The molecule has 0 heterocycles. The molecule has 3 rings (SSSR count). The van der Waals surface area contributed by atoms with Crippen molar-refractivity contribution in [1.29, 1.82) is 0 Å². The average molecular weight is 549 g/mol. The molecule has 0 spiro atoms. The van der Waals surface area contributed by atoms with Crippen LogP contribution in [0.4, 0.5) is 0 Å². The Bertz CT molecular complexity index is 940. The van der Waals surface area contributed by atoms with Crippen molar-refractivity contribution in [3.05, 3.63) is 72.8 Å². The zero-order valence-corrected chi connectivity index (χ0v) is 24.1. The van der Waals surface area contributed by atoms with Gasteiger partial charge in [0.1, 0.15) is 0 Å². The summed E-state index contributed by atoms with van der Waals surface area (Å²) in [4.78, 5) is 5.16. The molecular formula is C31H42OSn. The van der Waals surface area contributed by atoms with Crippen molar-refractivity contribution in [2.24, 2.45) is 0 Å². The second kappa shape index (κ2) is 13.2. The summed E-state index contributed by atoms with van der Waals surface area (Å²) in [5.74, 6) is 0.968. The van der Waals surface area contributed by atoms with Gasteiger partial charge in [0.2, 0.25) is 0 Å². The van der Waals surface area contributed by atoms with Crippen molar-refractivity contribution >= 4 is 22.0 Å². The van der Waals surface area contributed by atoms with E-state index in [4.69, 9.17) is 4.74 Å². The third-order valence-electron chi connectivity index (χ3n) is 6.74. The molecule has 2 heteroatoms. The number of unbranched alkanes of at least 4 members (excludes halogenated alkanes) is 5. The Hall–Kier alpha value is -1.74. The molecule has 0 aliphatic rings. The predicted molar refractivity (Wildman–Crippen MR) is 148 cm³/mol. The van der Waals surface area contributed by atoms with Crippen LogP contribution in [0.2, 0.25) is 14.3 Å². The Morgan fingerprint density at radius 2 is 1.00 bits per heavy atom. The molecule has 0 fully saturated rings. The molecule has 0 saturated heterocycles. The second-order valence-electron chi connectivity index (χ2n) is 9.93. The van der Waals surface area contributed by atoms with Crippen molar-refractivity contribution < 1.29 is 4.74 Å². The van der Waals surface area contributed by atoms with E-state index in [-0.39, 0.29) is 0 Å². The third kappa shape index (κ3) is 7.91. The van der Waals surface area contributed by atoms with E-state index < -0.39 is 18.4 Å². The molecule has 0 radical (unpaired) electrons. The Morgan fingerprint density at radius 1 is 0.545 bits per heavy atom. The Balaban J connectivity index is 1.59. The van der Waals surface area contributed by atoms with Gasteiger partial charge in [-0.2, -0.15) is 0 Å². The fourth-order valence-electron chi connectivity index (χ4n) is 4.39. The van der Waals surface area contributed by atoms with Gasteiger partial charge in [0, 0.05) is 0 Å². The molecule has 33 heavy (non-hydrogen) atoms. The summed E-state index contributed by atoms with van der Waals surface area (Å²) in [5.41, 5.74) is 5.08. The standard InChI is InChI=1S/C24H25O.C5H11.2CH3.Sn/c1-2-3-4-8-19-25-24-17-15-23(16-18-24)22-13-11-21(12-14-22)20-9-6-5-7-10-20;1-3-5-4-2;;;/h6-7,9-18H,2-4,8,19H2,1H3;1,3-5H2,2H3;2*1H3;. The van der Waals surface area contributed by atoms with Crippen molar-refractivity contribution in [2.45, 2.75) is 73.1 Å². The molecule has 0 unspecified atom stereocenters. The van der Waals surface area contributed by atoms with Gasteiger partial charge in [-0.3, -0.25) is 0 Å². The maximum atomic E-state index is 5.89. The van der Waals surface area contributed by atoms with Crippen LogP contribution in [0, 0.1) is 0 Å². The van der Waals surface area contributed by atoms with Crippen molar-refractivity contribution in [1.82, 2.24) is 0 Å². The van der Waals surface area contributed by atoms with E-state index in [0.29, 0.717) is 0 Å². The van der Waals surface area contributed by atoms with E-state index in [1.54, 1.807) is 3.58 Å². The summed E-state index contributed by atoms with van der Waals surface area (Å²) in [7, 11) is 0. The Labute approximate surface area is 206 Å². The molecule has 0 aromatic heterocycles. The fraction of sp³-hybridized carbons (Fsp3) is 0.419. The topological polar surface area (TPSA) is 9.23 Å². The van der Waals surface area contributed by atoms with Crippen molar-refractivity contribution in [3.8, 4) is 28.0 Å². The average Bonchev–Trinajstić information content (AvgIpc) is 2.85. The van der Waals surface area contributed by atoms with E-state index in [9.17, 15) is 0 Å². The molecular weight excluding hydrogens is 507 g/mol. The van der Waals surface area contributed by atoms with E-state index in [0.717, 1.165) is 18.8 Å². The molecule has 1 nitrogen and oxygen atoms in total. The molecule has 3 aromatic rings. The number of hydrogen-bond acceptors (Lipinski definition) is 1.